The van der Waals surface area contributed by atoms with Crippen molar-refractivity contribution in [1.29, 1.82) is 0 Å². The Balaban J connectivity index is 1.65. The Bertz CT molecular complexity index is 416. The Morgan fingerprint density at radius 3 is 2.94 bits per heavy atom. The van der Waals surface area contributed by atoms with Gasteiger partial charge in [-0.15, -0.1) is 0 Å². The number of carbonyl (C=O) groups excluding carboxylic acids is 1. The van der Waals surface area contributed by atoms with Crippen molar-refractivity contribution in [2.75, 3.05) is 18.9 Å². The van der Waals surface area contributed by atoms with Gasteiger partial charge in [-0.25, -0.2) is 0 Å². The lowest BCUT2D eigenvalue weighted by Crippen LogP contribution is -2.39. The van der Waals surface area contributed by atoms with E-state index in [-0.39, 0.29) is 18.6 Å². The number of hydrogen-bond donors (Lipinski definition) is 3. The maximum absolute atomic E-state index is 11.5. The maximum Gasteiger partial charge on any atom is 0.257 e. The van der Waals surface area contributed by atoms with E-state index in [4.69, 9.17) is 15.6 Å². The largest absolute Gasteiger partial charge is 0.484 e. The molecule has 0 spiro atoms. The molecule has 4 N–H and O–H groups in total. The number of aliphatic hydroxyl groups is 1. The molecule has 1 aliphatic carbocycles. The summed E-state index contributed by atoms with van der Waals surface area (Å²) in [5, 5.41) is 11.9. The minimum absolute atomic E-state index is 0.0152. The van der Waals surface area contributed by atoms with Gasteiger partial charge in [-0.3, -0.25) is 4.79 Å². The monoisotopic (exact) mass is 250 g/mol. The fourth-order valence-electron chi connectivity index (χ4n) is 1.93. The number of aliphatic hydroxyl groups excluding tert-OH is 1. The number of carbonyl (C=O) groups is 1. The molecule has 1 aromatic rings. The Labute approximate surface area is 106 Å². The van der Waals surface area contributed by atoms with Crippen molar-refractivity contribution in [3.05, 3.63) is 24.3 Å². The number of benzene rings is 1. The zero-order valence-electron chi connectivity index (χ0n) is 10.1. The fourth-order valence-corrected chi connectivity index (χ4v) is 1.93. The number of ether oxygens (including phenoxy) is 1. The van der Waals surface area contributed by atoms with E-state index in [1.54, 1.807) is 24.3 Å². The molecule has 0 atom stereocenters. The number of rotatable bonds is 5. The van der Waals surface area contributed by atoms with Gasteiger partial charge < -0.3 is 20.9 Å². The first kappa shape index (κ1) is 12.7. The minimum atomic E-state index is -0.185. The molecule has 18 heavy (non-hydrogen) atoms. The van der Waals surface area contributed by atoms with Crippen molar-refractivity contribution < 1.29 is 14.6 Å². The highest BCUT2D eigenvalue weighted by molar-refractivity contribution is 5.77. The zero-order chi connectivity index (χ0) is 13.0. The molecular formula is C13H18N2O3. The first-order chi connectivity index (χ1) is 8.63. The molecular weight excluding hydrogens is 232 g/mol. The first-order valence-corrected chi connectivity index (χ1v) is 6.06. The Morgan fingerprint density at radius 2 is 2.28 bits per heavy atom. The third-order valence-corrected chi connectivity index (χ3v) is 3.03. The number of nitrogens with two attached hydrogens (primary N) is 1. The average Bonchev–Trinajstić information content (AvgIpc) is 2.31. The van der Waals surface area contributed by atoms with E-state index in [2.05, 4.69) is 5.32 Å². The van der Waals surface area contributed by atoms with Crippen molar-refractivity contribution in [2.45, 2.75) is 18.9 Å². The van der Waals surface area contributed by atoms with Crippen LogP contribution >= 0.6 is 0 Å². The van der Waals surface area contributed by atoms with E-state index in [0.29, 0.717) is 23.9 Å². The van der Waals surface area contributed by atoms with Crippen LogP contribution in [0, 0.1) is 5.92 Å². The second-order valence-electron chi connectivity index (χ2n) is 4.66. The van der Waals surface area contributed by atoms with Crippen LogP contribution in [0.1, 0.15) is 12.8 Å². The molecule has 0 unspecified atom stereocenters. The summed E-state index contributed by atoms with van der Waals surface area (Å²) in [6.45, 7) is 0.592. The molecule has 5 heteroatoms. The second kappa shape index (κ2) is 5.73. The minimum Gasteiger partial charge on any atom is -0.484 e. The van der Waals surface area contributed by atoms with Gasteiger partial charge in [0.05, 0.1) is 6.10 Å². The molecule has 0 heterocycles. The van der Waals surface area contributed by atoms with E-state index < -0.39 is 0 Å². The fraction of sp³-hybridized carbons (Fsp3) is 0.462. The number of anilines is 1. The maximum atomic E-state index is 11.5. The lowest BCUT2D eigenvalue weighted by atomic mass is 9.82. The standard InChI is InChI=1S/C13H18N2O3/c14-10-2-1-3-12(6-10)18-8-13(17)15-7-9-4-11(16)5-9/h1-3,6,9,11,16H,4-5,7-8,14H2,(H,15,17). The summed E-state index contributed by atoms with van der Waals surface area (Å²) in [5.41, 5.74) is 6.21. The van der Waals surface area contributed by atoms with Crippen LogP contribution in [-0.2, 0) is 4.79 Å². The normalized spacial score (nSPS) is 22.1. The molecule has 1 saturated carbocycles. The van der Waals surface area contributed by atoms with Crippen LogP contribution in [-0.4, -0.2) is 30.3 Å². The van der Waals surface area contributed by atoms with Crippen LogP contribution in [0.4, 0.5) is 5.69 Å². The van der Waals surface area contributed by atoms with Crippen molar-refractivity contribution in [3.63, 3.8) is 0 Å². The van der Waals surface area contributed by atoms with E-state index in [1.807, 2.05) is 0 Å². The van der Waals surface area contributed by atoms with Gasteiger partial charge in [-0.1, -0.05) is 6.07 Å². The van der Waals surface area contributed by atoms with Gasteiger partial charge in [0.15, 0.2) is 6.61 Å². The smallest absolute Gasteiger partial charge is 0.257 e. The zero-order valence-corrected chi connectivity index (χ0v) is 10.1. The highest BCUT2D eigenvalue weighted by Gasteiger charge is 2.27. The van der Waals surface area contributed by atoms with E-state index in [0.717, 1.165) is 12.8 Å². The van der Waals surface area contributed by atoms with Crippen LogP contribution in [0.5, 0.6) is 5.75 Å². The van der Waals surface area contributed by atoms with Gasteiger partial charge in [-0.05, 0) is 30.9 Å². The summed E-state index contributed by atoms with van der Waals surface area (Å²) < 4.78 is 5.31. The molecule has 0 radical (unpaired) electrons. The van der Waals surface area contributed by atoms with E-state index in [9.17, 15) is 4.79 Å². The molecule has 0 bridgehead atoms. The highest BCUT2D eigenvalue weighted by Crippen LogP contribution is 2.25. The molecule has 1 aliphatic rings. The van der Waals surface area contributed by atoms with Crippen molar-refractivity contribution >= 4 is 11.6 Å². The quantitative estimate of drug-likeness (QED) is 0.666. The molecule has 1 amide bonds. The predicted octanol–water partition coefficient (Wildman–Crippen LogP) is 0.535. The molecule has 1 aromatic carbocycles. The summed E-state index contributed by atoms with van der Waals surface area (Å²) >= 11 is 0. The molecule has 1 fully saturated rings. The second-order valence-corrected chi connectivity index (χ2v) is 4.66. The van der Waals surface area contributed by atoms with Gasteiger partial charge in [0, 0.05) is 18.3 Å². The van der Waals surface area contributed by atoms with E-state index >= 15 is 0 Å². The summed E-state index contributed by atoms with van der Waals surface area (Å²) in [6, 6.07) is 6.97. The molecule has 0 aliphatic heterocycles. The van der Waals surface area contributed by atoms with Crippen molar-refractivity contribution in [3.8, 4) is 5.75 Å². The SMILES string of the molecule is Nc1cccc(OCC(=O)NCC2CC(O)C2)c1. The topological polar surface area (TPSA) is 84.6 Å². The number of nitrogens with one attached hydrogen (secondary N) is 1. The van der Waals surface area contributed by atoms with Crippen LogP contribution < -0.4 is 15.8 Å². The summed E-state index contributed by atoms with van der Waals surface area (Å²) in [4.78, 5) is 11.5. The summed E-state index contributed by atoms with van der Waals surface area (Å²) in [5.74, 6) is 0.833. The Kier molecular flexibility index (Phi) is 4.04. The molecule has 0 saturated heterocycles. The molecule has 0 aromatic heterocycles. The molecule has 98 valence electrons. The lowest BCUT2D eigenvalue weighted by molar-refractivity contribution is -0.123. The van der Waals surface area contributed by atoms with Crippen LogP contribution in [0.25, 0.3) is 0 Å². The van der Waals surface area contributed by atoms with Gasteiger partial charge in [0.25, 0.3) is 5.91 Å². The van der Waals surface area contributed by atoms with E-state index in [1.165, 1.54) is 0 Å². The van der Waals surface area contributed by atoms with Gasteiger partial charge in [0.2, 0.25) is 0 Å². The van der Waals surface area contributed by atoms with Crippen molar-refractivity contribution in [2.24, 2.45) is 5.92 Å². The molecule has 5 nitrogen and oxygen atoms in total. The van der Waals surface area contributed by atoms with Crippen LogP contribution in [0.15, 0.2) is 24.3 Å². The Hall–Kier alpha value is -1.75. The third-order valence-electron chi connectivity index (χ3n) is 3.03. The number of hydrogen-bond acceptors (Lipinski definition) is 4. The number of amides is 1. The molecule has 2 rings (SSSR count). The average molecular weight is 250 g/mol. The lowest BCUT2D eigenvalue weighted by Gasteiger charge is -2.31. The summed E-state index contributed by atoms with van der Waals surface area (Å²) in [6.07, 6.45) is 1.36. The Morgan fingerprint density at radius 1 is 1.50 bits per heavy atom. The van der Waals surface area contributed by atoms with Gasteiger partial charge in [-0.2, -0.15) is 0 Å². The van der Waals surface area contributed by atoms with Gasteiger partial charge in [0.1, 0.15) is 5.75 Å². The highest BCUT2D eigenvalue weighted by atomic mass is 16.5. The predicted molar refractivity (Wildman–Crippen MR) is 68.1 cm³/mol. The summed E-state index contributed by atoms with van der Waals surface area (Å²) in [7, 11) is 0. The first-order valence-electron chi connectivity index (χ1n) is 6.06. The van der Waals surface area contributed by atoms with Crippen LogP contribution in [0.3, 0.4) is 0 Å². The third kappa shape index (κ3) is 3.63. The number of nitrogen functional groups attached to an aromatic ring is 1. The van der Waals surface area contributed by atoms with Gasteiger partial charge >= 0.3 is 0 Å². The van der Waals surface area contributed by atoms with Crippen LogP contribution in [0.2, 0.25) is 0 Å². The van der Waals surface area contributed by atoms with Crippen molar-refractivity contribution in [1.82, 2.24) is 5.32 Å².